The first-order chi connectivity index (χ1) is 11.9. The maximum absolute atomic E-state index is 11.3. The van der Waals surface area contributed by atoms with Gasteiger partial charge in [-0.2, -0.15) is 0 Å². The molecule has 1 aliphatic rings. The van der Waals surface area contributed by atoms with E-state index in [0.29, 0.717) is 5.02 Å². The molecule has 5 nitrogen and oxygen atoms in total. The van der Waals surface area contributed by atoms with Gasteiger partial charge in [0.1, 0.15) is 6.61 Å². The summed E-state index contributed by atoms with van der Waals surface area (Å²) in [6.45, 7) is 0.0966. The zero-order valence-electron chi connectivity index (χ0n) is 13.4. The highest BCUT2D eigenvalue weighted by Crippen LogP contribution is 2.39. The van der Waals surface area contributed by atoms with Crippen molar-refractivity contribution in [1.82, 2.24) is 0 Å². The highest BCUT2D eigenvalue weighted by molar-refractivity contribution is 14.1. The number of benzene rings is 2. The summed E-state index contributed by atoms with van der Waals surface area (Å²) in [6, 6.07) is 10.5. The molecule has 132 valence electrons. The molecule has 2 aromatic carbocycles. The van der Waals surface area contributed by atoms with Crippen LogP contribution in [0.15, 0.2) is 36.4 Å². The van der Waals surface area contributed by atoms with Crippen LogP contribution >= 0.6 is 34.2 Å². The molecule has 0 radical (unpaired) electrons. The molecule has 1 N–H and O–H groups in total. The number of nitrogens with zero attached hydrogens (tertiary/aromatic N) is 1. The number of nitro benzene ring substituents is 1. The summed E-state index contributed by atoms with van der Waals surface area (Å²) in [5.41, 5.74) is 1.48. The van der Waals surface area contributed by atoms with E-state index >= 15 is 0 Å². The number of rotatable bonds is 5. The molecule has 0 spiro atoms. The topological polar surface area (TPSA) is 72.6 Å². The molecule has 1 atom stereocenters. The Balaban J connectivity index is 1.91. The van der Waals surface area contributed by atoms with Gasteiger partial charge in [0.15, 0.2) is 5.75 Å². The summed E-state index contributed by atoms with van der Waals surface area (Å²) in [6.07, 6.45) is 2.57. The van der Waals surface area contributed by atoms with Crippen LogP contribution in [-0.2, 0) is 11.8 Å². The second-order valence-corrected chi connectivity index (χ2v) is 7.93. The number of aliphatic hydroxyl groups excluding tert-OH is 1. The number of aliphatic hydroxyl groups is 1. The molecule has 2 aromatic rings. The van der Waals surface area contributed by atoms with Crippen molar-refractivity contribution < 1.29 is 14.8 Å². The van der Waals surface area contributed by atoms with Crippen LogP contribution in [0, 0.1) is 13.7 Å². The Kier molecular flexibility index (Phi) is 5.50. The van der Waals surface area contributed by atoms with Crippen LogP contribution < -0.4 is 4.74 Å². The third-order valence-electron chi connectivity index (χ3n) is 4.66. The number of nitro groups is 1. The SMILES string of the molecule is O=[N+]([O-])c1cc(I)ccc1OCC1(CO)CCCc2cc(Cl)ccc21. The first-order valence-corrected chi connectivity index (χ1v) is 9.37. The summed E-state index contributed by atoms with van der Waals surface area (Å²) in [4.78, 5) is 10.8. The molecule has 0 saturated carbocycles. The Morgan fingerprint density at radius 1 is 1.32 bits per heavy atom. The maximum Gasteiger partial charge on any atom is 0.311 e. The molecule has 25 heavy (non-hydrogen) atoms. The average molecular weight is 474 g/mol. The molecule has 3 rings (SSSR count). The Morgan fingerprint density at radius 3 is 2.84 bits per heavy atom. The quantitative estimate of drug-likeness (QED) is 0.394. The molecule has 0 aromatic heterocycles. The van der Waals surface area contributed by atoms with Crippen molar-refractivity contribution in [2.75, 3.05) is 13.2 Å². The van der Waals surface area contributed by atoms with Gasteiger partial charge in [-0.15, -0.1) is 0 Å². The van der Waals surface area contributed by atoms with Crippen molar-refractivity contribution in [2.45, 2.75) is 24.7 Å². The van der Waals surface area contributed by atoms with Crippen molar-refractivity contribution in [3.8, 4) is 5.75 Å². The molecule has 1 unspecified atom stereocenters. The van der Waals surface area contributed by atoms with E-state index in [0.717, 1.165) is 34.0 Å². The largest absolute Gasteiger partial charge is 0.486 e. The lowest BCUT2D eigenvalue weighted by molar-refractivity contribution is -0.386. The fourth-order valence-corrected chi connectivity index (χ4v) is 4.04. The van der Waals surface area contributed by atoms with E-state index in [9.17, 15) is 15.2 Å². The molecule has 0 amide bonds. The summed E-state index contributed by atoms with van der Waals surface area (Å²) >= 11 is 8.11. The van der Waals surface area contributed by atoms with E-state index in [2.05, 4.69) is 0 Å². The Labute approximate surface area is 164 Å². The fraction of sp³-hybridized carbons (Fsp3) is 0.333. The first kappa shape index (κ1) is 18.4. The molecule has 0 fully saturated rings. The molecule has 0 heterocycles. The Bertz CT molecular complexity index is 814. The van der Waals surface area contributed by atoms with Crippen LogP contribution in [-0.4, -0.2) is 23.2 Å². The standard InChI is InChI=1S/C18H17ClINO4/c19-13-3-5-15-12(8-13)2-1-7-18(15,10-22)11-25-17-6-4-14(20)9-16(17)21(23)24/h3-6,8-9,22H,1-2,7,10-11H2. The van der Waals surface area contributed by atoms with Gasteiger partial charge in [0, 0.05) is 14.7 Å². The van der Waals surface area contributed by atoms with Gasteiger partial charge in [0.05, 0.1) is 16.9 Å². The smallest absolute Gasteiger partial charge is 0.311 e. The molecular formula is C18H17ClINO4. The lowest BCUT2D eigenvalue weighted by Gasteiger charge is -2.37. The van der Waals surface area contributed by atoms with Crippen molar-refractivity contribution in [1.29, 1.82) is 0 Å². The van der Waals surface area contributed by atoms with Gasteiger partial charge in [-0.25, -0.2) is 0 Å². The molecular weight excluding hydrogens is 457 g/mol. The minimum Gasteiger partial charge on any atom is -0.486 e. The van der Waals surface area contributed by atoms with Crippen molar-refractivity contribution in [2.24, 2.45) is 0 Å². The second kappa shape index (κ2) is 7.47. The van der Waals surface area contributed by atoms with Crippen LogP contribution in [0.1, 0.15) is 24.0 Å². The number of hydrogen-bond acceptors (Lipinski definition) is 4. The van der Waals surface area contributed by atoms with Gasteiger partial charge in [0.2, 0.25) is 0 Å². The lowest BCUT2D eigenvalue weighted by atomic mass is 9.71. The summed E-state index contributed by atoms with van der Waals surface area (Å²) in [5.74, 6) is 0.222. The lowest BCUT2D eigenvalue weighted by Crippen LogP contribution is -2.40. The third kappa shape index (κ3) is 3.75. The summed E-state index contributed by atoms with van der Waals surface area (Å²) < 4.78 is 6.61. The fourth-order valence-electron chi connectivity index (χ4n) is 3.37. The van der Waals surface area contributed by atoms with Gasteiger partial charge in [-0.1, -0.05) is 17.7 Å². The highest BCUT2D eigenvalue weighted by Gasteiger charge is 2.37. The van der Waals surface area contributed by atoms with E-state index in [4.69, 9.17) is 16.3 Å². The Hall–Kier alpha value is -1.38. The van der Waals surface area contributed by atoms with E-state index in [1.54, 1.807) is 12.1 Å². The summed E-state index contributed by atoms with van der Waals surface area (Å²) in [7, 11) is 0. The first-order valence-electron chi connectivity index (χ1n) is 7.92. The molecule has 0 saturated heterocycles. The average Bonchev–Trinajstić information content (AvgIpc) is 2.60. The van der Waals surface area contributed by atoms with E-state index in [1.165, 1.54) is 6.07 Å². The van der Waals surface area contributed by atoms with E-state index in [1.807, 2.05) is 40.8 Å². The van der Waals surface area contributed by atoms with Crippen LogP contribution in [0.3, 0.4) is 0 Å². The zero-order chi connectivity index (χ0) is 18.0. The minimum atomic E-state index is -0.574. The molecule has 0 bridgehead atoms. The second-order valence-electron chi connectivity index (χ2n) is 6.25. The monoisotopic (exact) mass is 473 g/mol. The highest BCUT2D eigenvalue weighted by atomic mass is 127. The molecule has 7 heteroatoms. The van der Waals surface area contributed by atoms with Crippen molar-refractivity contribution in [3.63, 3.8) is 0 Å². The number of ether oxygens (including phenoxy) is 1. The van der Waals surface area contributed by atoms with Gasteiger partial charge in [0.25, 0.3) is 0 Å². The van der Waals surface area contributed by atoms with E-state index in [-0.39, 0.29) is 24.7 Å². The number of aryl methyl sites for hydroxylation is 1. The molecule has 1 aliphatic carbocycles. The predicted molar refractivity (Wildman–Crippen MR) is 104 cm³/mol. The van der Waals surface area contributed by atoms with Crippen LogP contribution in [0.5, 0.6) is 5.75 Å². The van der Waals surface area contributed by atoms with Crippen molar-refractivity contribution >= 4 is 39.9 Å². The Morgan fingerprint density at radius 2 is 2.12 bits per heavy atom. The van der Waals surface area contributed by atoms with Crippen LogP contribution in [0.2, 0.25) is 5.02 Å². The van der Waals surface area contributed by atoms with E-state index < -0.39 is 10.3 Å². The normalized spacial score (nSPS) is 19.3. The van der Waals surface area contributed by atoms with Gasteiger partial charge >= 0.3 is 5.69 Å². The zero-order valence-corrected chi connectivity index (χ0v) is 16.3. The van der Waals surface area contributed by atoms with Crippen LogP contribution in [0.4, 0.5) is 5.69 Å². The predicted octanol–water partition coefficient (Wildman–Crippen LogP) is 4.50. The van der Waals surface area contributed by atoms with Gasteiger partial charge in [-0.05, 0) is 77.2 Å². The van der Waals surface area contributed by atoms with Gasteiger partial charge < -0.3 is 9.84 Å². The minimum absolute atomic E-state index is 0.0628. The third-order valence-corrected chi connectivity index (χ3v) is 5.57. The van der Waals surface area contributed by atoms with Gasteiger partial charge in [-0.3, -0.25) is 10.1 Å². The molecule has 0 aliphatic heterocycles. The maximum atomic E-state index is 11.3. The number of halogens is 2. The van der Waals surface area contributed by atoms with Crippen LogP contribution in [0.25, 0.3) is 0 Å². The summed E-state index contributed by atoms with van der Waals surface area (Å²) in [5, 5.41) is 22.0. The van der Waals surface area contributed by atoms with Crippen molar-refractivity contribution in [3.05, 3.63) is 66.2 Å². The number of fused-ring (bicyclic) bond motifs is 1. The number of hydrogen-bond donors (Lipinski definition) is 1.